The number of nitrogens with one attached hydrogen (secondary N) is 1. The van der Waals surface area contributed by atoms with Gasteiger partial charge in [0.2, 0.25) is 0 Å². The summed E-state index contributed by atoms with van der Waals surface area (Å²) in [4.78, 5) is 12.4. The Morgan fingerprint density at radius 3 is 2.24 bits per heavy atom. The Morgan fingerprint density at radius 2 is 1.54 bits per heavy atom. The summed E-state index contributed by atoms with van der Waals surface area (Å²) in [7, 11) is 1.79. The van der Waals surface area contributed by atoms with Crippen molar-refractivity contribution in [3.05, 3.63) is 142 Å². The molecule has 0 aliphatic heterocycles. The molecule has 0 spiro atoms. The molecule has 0 saturated heterocycles. The number of hydrogen-bond acceptors (Lipinski definition) is 3. The van der Waals surface area contributed by atoms with Gasteiger partial charge >= 0.3 is 0 Å². The molecule has 0 aliphatic carbocycles. The molecule has 2 atom stereocenters. The molecular formula is C33H35N3O. The zero-order chi connectivity index (χ0) is 26.2. The van der Waals surface area contributed by atoms with Gasteiger partial charge in [0, 0.05) is 43.4 Å². The maximum atomic E-state index is 12.4. The molecule has 3 aromatic carbocycles. The third kappa shape index (κ3) is 6.34. The Kier molecular flexibility index (Phi) is 8.52. The predicted octanol–water partition coefficient (Wildman–Crippen LogP) is 7.08. The van der Waals surface area contributed by atoms with Crippen LogP contribution in [-0.2, 0) is 0 Å². The van der Waals surface area contributed by atoms with E-state index < -0.39 is 0 Å². The van der Waals surface area contributed by atoms with Gasteiger partial charge in [0.25, 0.3) is 5.56 Å². The summed E-state index contributed by atoms with van der Waals surface area (Å²) in [6.07, 6.45) is 8.00. The first-order valence-electron chi connectivity index (χ1n) is 12.8. The van der Waals surface area contributed by atoms with Crippen molar-refractivity contribution in [1.29, 1.82) is 0 Å². The van der Waals surface area contributed by atoms with E-state index in [1.54, 1.807) is 23.9 Å². The van der Waals surface area contributed by atoms with E-state index >= 15 is 0 Å². The number of hydrogen-bond donors (Lipinski definition) is 1. The van der Waals surface area contributed by atoms with Crippen molar-refractivity contribution < 1.29 is 0 Å². The van der Waals surface area contributed by atoms with Crippen molar-refractivity contribution in [3.8, 4) is 11.1 Å². The molecule has 0 fully saturated rings. The number of rotatable bonds is 9. The standard InChI is InChI=1S/C33H35N3O/c1-24(2)36-23-30(19-20-32(36)37)28-12-8-13-29(22-28)33(27-10-6-5-7-11-27)31(14-9-21-35-34-4)26-17-15-25(3)16-18-26/h5-24,31,33-34H,1-4H3/b14-9+,35-21-. The molecule has 4 nitrogen and oxygen atoms in total. The average Bonchev–Trinajstić information content (AvgIpc) is 2.92. The van der Waals surface area contributed by atoms with E-state index in [4.69, 9.17) is 0 Å². The highest BCUT2D eigenvalue weighted by Crippen LogP contribution is 2.40. The minimum absolute atomic E-state index is 0.0184. The highest BCUT2D eigenvalue weighted by atomic mass is 16.1. The van der Waals surface area contributed by atoms with Gasteiger partial charge in [-0.05, 0) is 60.7 Å². The largest absolute Gasteiger partial charge is 0.313 e. The summed E-state index contributed by atoms with van der Waals surface area (Å²) in [6, 6.07) is 31.8. The van der Waals surface area contributed by atoms with Crippen molar-refractivity contribution >= 4 is 6.21 Å². The van der Waals surface area contributed by atoms with Gasteiger partial charge in [-0.3, -0.25) is 4.79 Å². The fourth-order valence-corrected chi connectivity index (χ4v) is 4.75. The second-order valence-electron chi connectivity index (χ2n) is 9.59. The Bertz CT molecular complexity index is 1420. The number of hydrazone groups is 1. The van der Waals surface area contributed by atoms with Crippen LogP contribution in [0.15, 0.2) is 119 Å². The van der Waals surface area contributed by atoms with E-state index in [2.05, 4.69) is 102 Å². The minimum atomic E-state index is 0.0184. The molecule has 1 N–H and O–H groups in total. The lowest BCUT2D eigenvalue weighted by Gasteiger charge is -2.27. The minimum Gasteiger partial charge on any atom is -0.313 e. The Balaban J connectivity index is 1.86. The summed E-state index contributed by atoms with van der Waals surface area (Å²) < 4.78 is 1.79. The molecule has 4 heteroatoms. The summed E-state index contributed by atoms with van der Waals surface area (Å²) in [5.74, 6) is 0.172. The van der Waals surface area contributed by atoms with Crippen LogP contribution in [0.5, 0.6) is 0 Å². The van der Waals surface area contributed by atoms with Gasteiger partial charge in [0.05, 0.1) is 0 Å². The first kappa shape index (κ1) is 25.9. The summed E-state index contributed by atoms with van der Waals surface area (Å²) >= 11 is 0. The molecular weight excluding hydrogens is 454 g/mol. The van der Waals surface area contributed by atoms with Crippen LogP contribution >= 0.6 is 0 Å². The number of pyridine rings is 1. The second kappa shape index (κ2) is 12.2. The van der Waals surface area contributed by atoms with Crippen molar-refractivity contribution in [1.82, 2.24) is 9.99 Å². The Labute approximate surface area is 220 Å². The Hall–Kier alpha value is -4.18. The summed E-state index contributed by atoms with van der Waals surface area (Å²) in [5.41, 5.74) is 9.90. The molecule has 0 amide bonds. The molecule has 1 aromatic heterocycles. The number of allylic oxidation sites excluding steroid dienone is 2. The number of aromatic nitrogens is 1. The second-order valence-corrected chi connectivity index (χ2v) is 9.59. The first-order valence-corrected chi connectivity index (χ1v) is 12.8. The van der Waals surface area contributed by atoms with Crippen molar-refractivity contribution in [2.24, 2.45) is 5.10 Å². The lowest BCUT2D eigenvalue weighted by molar-refractivity contribution is 0.579. The average molecular weight is 490 g/mol. The zero-order valence-corrected chi connectivity index (χ0v) is 22.0. The van der Waals surface area contributed by atoms with Crippen LogP contribution in [0.1, 0.15) is 54.0 Å². The fraction of sp³-hybridized carbons (Fsp3) is 0.212. The maximum Gasteiger partial charge on any atom is 0.250 e. The SMILES string of the molecule is CN/N=C\C=C\C(c1ccc(C)cc1)C(c1ccccc1)c1cccc(-c2ccc(=O)n(C(C)C)c2)c1. The molecule has 0 radical (unpaired) electrons. The molecule has 2 unspecified atom stereocenters. The molecule has 188 valence electrons. The molecule has 4 rings (SSSR count). The molecule has 0 aliphatic rings. The number of benzene rings is 3. The van der Waals surface area contributed by atoms with Crippen molar-refractivity contribution in [3.63, 3.8) is 0 Å². The highest BCUT2D eigenvalue weighted by molar-refractivity contribution is 5.71. The highest BCUT2D eigenvalue weighted by Gasteiger charge is 2.25. The van der Waals surface area contributed by atoms with Crippen LogP contribution in [0.2, 0.25) is 0 Å². The van der Waals surface area contributed by atoms with E-state index in [0.717, 1.165) is 11.1 Å². The molecule has 0 bridgehead atoms. The van der Waals surface area contributed by atoms with Crippen LogP contribution in [0.25, 0.3) is 11.1 Å². The third-order valence-electron chi connectivity index (χ3n) is 6.66. The first-order chi connectivity index (χ1) is 18.0. The number of aryl methyl sites for hydroxylation is 1. The quantitative estimate of drug-likeness (QED) is 0.202. The zero-order valence-electron chi connectivity index (χ0n) is 22.0. The molecule has 4 aromatic rings. The lowest BCUT2D eigenvalue weighted by atomic mass is 9.76. The van der Waals surface area contributed by atoms with Crippen LogP contribution in [0.4, 0.5) is 0 Å². The fourth-order valence-electron chi connectivity index (χ4n) is 4.75. The van der Waals surface area contributed by atoms with Crippen molar-refractivity contribution in [2.75, 3.05) is 7.05 Å². The normalized spacial score (nSPS) is 13.3. The lowest BCUT2D eigenvalue weighted by Crippen LogP contribution is -2.20. The topological polar surface area (TPSA) is 46.4 Å². The van der Waals surface area contributed by atoms with E-state index in [9.17, 15) is 4.79 Å². The van der Waals surface area contributed by atoms with Gasteiger partial charge in [0.15, 0.2) is 0 Å². The Morgan fingerprint density at radius 1 is 0.811 bits per heavy atom. The van der Waals surface area contributed by atoms with Gasteiger partial charge in [-0.15, -0.1) is 0 Å². The van der Waals surface area contributed by atoms with Crippen LogP contribution in [0, 0.1) is 6.92 Å². The van der Waals surface area contributed by atoms with Crippen LogP contribution < -0.4 is 11.0 Å². The van der Waals surface area contributed by atoms with Gasteiger partial charge in [-0.2, -0.15) is 5.10 Å². The summed E-state index contributed by atoms with van der Waals surface area (Å²) in [6.45, 7) is 6.18. The smallest absolute Gasteiger partial charge is 0.250 e. The molecule has 0 saturated carbocycles. The van der Waals surface area contributed by atoms with E-state index in [1.165, 1.54) is 22.3 Å². The third-order valence-corrected chi connectivity index (χ3v) is 6.66. The van der Waals surface area contributed by atoms with E-state index in [1.807, 2.05) is 32.2 Å². The van der Waals surface area contributed by atoms with Crippen LogP contribution in [0.3, 0.4) is 0 Å². The van der Waals surface area contributed by atoms with Gasteiger partial charge in [0.1, 0.15) is 0 Å². The van der Waals surface area contributed by atoms with E-state index in [-0.39, 0.29) is 23.4 Å². The van der Waals surface area contributed by atoms with Crippen molar-refractivity contribution in [2.45, 2.75) is 38.6 Å². The van der Waals surface area contributed by atoms with Crippen LogP contribution in [-0.4, -0.2) is 17.8 Å². The molecule has 37 heavy (non-hydrogen) atoms. The van der Waals surface area contributed by atoms with Gasteiger partial charge in [-0.25, -0.2) is 0 Å². The maximum absolute atomic E-state index is 12.4. The molecule has 1 heterocycles. The summed E-state index contributed by atoms with van der Waals surface area (Å²) in [5, 5.41) is 4.15. The van der Waals surface area contributed by atoms with E-state index in [0.29, 0.717) is 0 Å². The van der Waals surface area contributed by atoms with Gasteiger partial charge in [-0.1, -0.05) is 90.5 Å². The monoisotopic (exact) mass is 489 g/mol. The van der Waals surface area contributed by atoms with Gasteiger partial charge < -0.3 is 9.99 Å². The number of nitrogens with zero attached hydrogens (tertiary/aromatic N) is 2. The predicted molar refractivity (Wildman–Crippen MR) is 155 cm³/mol.